The smallest absolute Gasteiger partial charge is 0.258 e. The number of para-hydroxylation sites is 2. The number of carbonyl (C=O) groups excluding carboxylic acids is 1. The maximum Gasteiger partial charge on any atom is 0.258 e. The zero-order chi connectivity index (χ0) is 22.5. The second-order valence-electron chi connectivity index (χ2n) is 8.13. The number of hydrogen-bond donors (Lipinski definition) is 2. The minimum Gasteiger partial charge on any atom is -0.510 e. The van der Waals surface area contributed by atoms with E-state index in [-0.39, 0.29) is 24.0 Å². The van der Waals surface area contributed by atoms with Gasteiger partial charge in [-0.3, -0.25) is 10.2 Å². The molecule has 0 spiro atoms. The number of aliphatic hydroxyl groups excluding tert-OH is 1. The molecule has 0 saturated heterocycles. The van der Waals surface area contributed by atoms with E-state index in [1.165, 1.54) is 16.9 Å². The largest absolute Gasteiger partial charge is 0.510 e. The number of thiazole rings is 1. The molecule has 162 valence electrons. The lowest BCUT2D eigenvalue weighted by atomic mass is 10.1. The van der Waals surface area contributed by atoms with Gasteiger partial charge in [-0.1, -0.05) is 30.3 Å². The van der Waals surface area contributed by atoms with E-state index >= 15 is 0 Å². The summed E-state index contributed by atoms with van der Waals surface area (Å²) in [7, 11) is 0. The Kier molecular flexibility index (Phi) is 4.52. The van der Waals surface area contributed by atoms with E-state index in [1.807, 2.05) is 59.5 Å². The molecule has 2 aliphatic heterocycles. The highest BCUT2D eigenvalue weighted by atomic mass is 32.1. The summed E-state index contributed by atoms with van der Waals surface area (Å²) >= 11 is 1.47. The van der Waals surface area contributed by atoms with Crippen molar-refractivity contribution in [3.05, 3.63) is 94.7 Å². The molecule has 3 heterocycles. The Hall–Kier alpha value is -3.97. The van der Waals surface area contributed by atoms with E-state index in [2.05, 4.69) is 11.1 Å². The standard InChI is InChI=1S/C26H20N4O2S/c27-24-23(25-28-19-6-2-4-8-22(19)33-25)21(31)15-30(24)18-11-9-17(10-12-18)26(32)29-14-13-16-5-1-3-7-20(16)29/h1-12,27,31H,13-15H2. The van der Waals surface area contributed by atoms with Gasteiger partial charge in [0.15, 0.2) is 0 Å². The van der Waals surface area contributed by atoms with Crippen molar-refractivity contribution in [3.63, 3.8) is 0 Å². The third-order valence-corrected chi connectivity index (χ3v) is 7.22. The number of nitrogens with one attached hydrogen (secondary N) is 1. The maximum absolute atomic E-state index is 13.1. The first-order valence-electron chi connectivity index (χ1n) is 10.7. The fraction of sp³-hybridized carbons (Fsp3) is 0.115. The number of rotatable bonds is 3. The summed E-state index contributed by atoms with van der Waals surface area (Å²) < 4.78 is 1.02. The molecule has 1 amide bonds. The Bertz CT molecular complexity index is 1420. The maximum atomic E-state index is 13.1. The lowest BCUT2D eigenvalue weighted by Gasteiger charge is -2.20. The van der Waals surface area contributed by atoms with Crippen molar-refractivity contribution in [2.24, 2.45) is 0 Å². The molecular weight excluding hydrogens is 432 g/mol. The highest BCUT2D eigenvalue weighted by molar-refractivity contribution is 7.19. The van der Waals surface area contributed by atoms with Gasteiger partial charge in [-0.05, 0) is 54.4 Å². The van der Waals surface area contributed by atoms with Gasteiger partial charge in [-0.15, -0.1) is 11.3 Å². The number of anilines is 2. The van der Waals surface area contributed by atoms with Crippen molar-refractivity contribution in [2.75, 3.05) is 22.9 Å². The van der Waals surface area contributed by atoms with Crippen LogP contribution in [0.15, 0.2) is 78.6 Å². The van der Waals surface area contributed by atoms with Gasteiger partial charge in [0, 0.05) is 23.5 Å². The lowest BCUT2D eigenvalue weighted by molar-refractivity contribution is 0.0989. The van der Waals surface area contributed by atoms with E-state index in [4.69, 9.17) is 5.41 Å². The number of aromatic nitrogens is 1. The van der Waals surface area contributed by atoms with Crippen LogP contribution in [0.3, 0.4) is 0 Å². The number of nitrogens with zero attached hydrogens (tertiary/aromatic N) is 3. The SMILES string of the molecule is N=C1C(c2nc3ccccc3s2)=C(O)CN1c1ccc(C(=O)N2CCc3ccccc32)cc1. The van der Waals surface area contributed by atoms with Crippen LogP contribution in [0.25, 0.3) is 15.8 Å². The Balaban J connectivity index is 1.24. The molecule has 7 heteroatoms. The molecular formula is C26H20N4O2S. The van der Waals surface area contributed by atoms with Crippen LogP contribution >= 0.6 is 11.3 Å². The molecule has 0 fully saturated rings. The number of amidine groups is 1. The zero-order valence-corrected chi connectivity index (χ0v) is 18.5. The van der Waals surface area contributed by atoms with E-state index in [0.29, 0.717) is 22.7 Å². The first-order valence-corrected chi connectivity index (χ1v) is 11.6. The van der Waals surface area contributed by atoms with Crippen molar-refractivity contribution in [1.29, 1.82) is 5.41 Å². The summed E-state index contributed by atoms with van der Waals surface area (Å²) in [5.41, 5.74) is 4.84. The Morgan fingerprint density at radius 2 is 1.76 bits per heavy atom. The molecule has 4 aromatic rings. The number of fused-ring (bicyclic) bond motifs is 2. The van der Waals surface area contributed by atoms with Crippen molar-refractivity contribution >= 4 is 50.2 Å². The molecule has 3 aromatic carbocycles. The summed E-state index contributed by atoms with van der Waals surface area (Å²) in [6.45, 7) is 0.886. The fourth-order valence-corrected chi connectivity index (χ4v) is 5.53. The number of benzene rings is 3. The van der Waals surface area contributed by atoms with Gasteiger partial charge in [0.25, 0.3) is 5.91 Å². The molecule has 2 aliphatic rings. The molecule has 6 nitrogen and oxygen atoms in total. The summed E-state index contributed by atoms with van der Waals surface area (Å²) in [5, 5.41) is 20.0. The summed E-state index contributed by atoms with van der Waals surface area (Å²) in [6, 6.07) is 23.0. The van der Waals surface area contributed by atoms with E-state index in [0.717, 1.165) is 28.0 Å². The van der Waals surface area contributed by atoms with Crippen LogP contribution < -0.4 is 9.80 Å². The minimum atomic E-state index is -0.0286. The average molecular weight is 453 g/mol. The van der Waals surface area contributed by atoms with Crippen molar-refractivity contribution in [1.82, 2.24) is 4.98 Å². The van der Waals surface area contributed by atoms with Gasteiger partial charge >= 0.3 is 0 Å². The van der Waals surface area contributed by atoms with Crippen LogP contribution in [0.4, 0.5) is 11.4 Å². The van der Waals surface area contributed by atoms with Crippen LogP contribution in [0.2, 0.25) is 0 Å². The minimum absolute atomic E-state index is 0.0286. The highest BCUT2D eigenvalue weighted by Crippen LogP contribution is 2.35. The van der Waals surface area contributed by atoms with Crippen LogP contribution in [-0.4, -0.2) is 34.9 Å². The fourth-order valence-electron chi connectivity index (χ4n) is 4.49. The monoisotopic (exact) mass is 452 g/mol. The summed E-state index contributed by atoms with van der Waals surface area (Å²) in [5.74, 6) is 0.311. The third kappa shape index (κ3) is 3.20. The van der Waals surface area contributed by atoms with Crippen LogP contribution in [0, 0.1) is 5.41 Å². The van der Waals surface area contributed by atoms with Gasteiger partial charge in [0.2, 0.25) is 0 Å². The van der Waals surface area contributed by atoms with E-state index in [9.17, 15) is 9.90 Å². The quantitative estimate of drug-likeness (QED) is 0.444. The first kappa shape index (κ1) is 19.7. The topological polar surface area (TPSA) is 80.5 Å². The van der Waals surface area contributed by atoms with E-state index in [1.54, 1.807) is 17.0 Å². The summed E-state index contributed by atoms with van der Waals surface area (Å²) in [4.78, 5) is 21.3. The molecule has 0 bridgehead atoms. The summed E-state index contributed by atoms with van der Waals surface area (Å²) in [6.07, 6.45) is 0.866. The van der Waals surface area contributed by atoms with Gasteiger partial charge in [-0.25, -0.2) is 4.98 Å². The van der Waals surface area contributed by atoms with Crippen LogP contribution in [0.5, 0.6) is 0 Å². The number of aliphatic hydroxyl groups is 1. The average Bonchev–Trinajstić information content (AvgIpc) is 3.53. The molecule has 0 unspecified atom stereocenters. The highest BCUT2D eigenvalue weighted by Gasteiger charge is 2.32. The normalized spacial score (nSPS) is 15.6. The molecule has 6 rings (SSSR count). The van der Waals surface area contributed by atoms with Crippen LogP contribution in [0.1, 0.15) is 20.9 Å². The molecule has 0 atom stereocenters. The van der Waals surface area contributed by atoms with Gasteiger partial charge < -0.3 is 14.9 Å². The second kappa shape index (κ2) is 7.56. The lowest BCUT2D eigenvalue weighted by Crippen LogP contribution is -2.29. The number of hydrogen-bond acceptors (Lipinski definition) is 5. The molecule has 1 aromatic heterocycles. The first-order chi connectivity index (χ1) is 16.1. The number of amides is 1. The predicted octanol–water partition coefficient (Wildman–Crippen LogP) is 5.27. The van der Waals surface area contributed by atoms with E-state index < -0.39 is 0 Å². The molecule has 2 N–H and O–H groups in total. The Morgan fingerprint density at radius 3 is 2.58 bits per heavy atom. The zero-order valence-electron chi connectivity index (χ0n) is 17.7. The molecule has 33 heavy (non-hydrogen) atoms. The van der Waals surface area contributed by atoms with Crippen molar-refractivity contribution in [2.45, 2.75) is 6.42 Å². The van der Waals surface area contributed by atoms with Gasteiger partial charge in [-0.2, -0.15) is 0 Å². The third-order valence-electron chi connectivity index (χ3n) is 6.17. The predicted molar refractivity (Wildman–Crippen MR) is 133 cm³/mol. The second-order valence-corrected chi connectivity index (χ2v) is 9.16. The van der Waals surface area contributed by atoms with Gasteiger partial charge in [0.1, 0.15) is 16.6 Å². The van der Waals surface area contributed by atoms with Crippen molar-refractivity contribution in [3.8, 4) is 0 Å². The molecule has 0 aliphatic carbocycles. The van der Waals surface area contributed by atoms with Crippen molar-refractivity contribution < 1.29 is 9.90 Å². The molecule has 0 saturated carbocycles. The van der Waals surface area contributed by atoms with Crippen LogP contribution in [-0.2, 0) is 6.42 Å². The number of carbonyl (C=O) groups is 1. The molecule has 0 radical (unpaired) electrons. The van der Waals surface area contributed by atoms with Gasteiger partial charge in [0.05, 0.1) is 22.3 Å². The Labute approximate surface area is 194 Å². The Morgan fingerprint density at radius 1 is 1.00 bits per heavy atom.